The summed E-state index contributed by atoms with van der Waals surface area (Å²) in [6.07, 6.45) is 0.964. The van der Waals surface area contributed by atoms with Crippen molar-refractivity contribution in [1.29, 1.82) is 0 Å². The number of likely N-dealkylation sites (tertiary alicyclic amines) is 1. The molecular weight excluding hydrogens is 277 g/mol. The quantitative estimate of drug-likeness (QED) is 0.920. The maximum absolute atomic E-state index is 13.7. The van der Waals surface area contributed by atoms with E-state index in [0.717, 1.165) is 5.56 Å². The molecule has 1 saturated heterocycles. The second-order valence-corrected chi connectivity index (χ2v) is 5.18. The fourth-order valence-corrected chi connectivity index (χ4v) is 2.39. The van der Waals surface area contributed by atoms with Gasteiger partial charge in [0, 0.05) is 13.1 Å². The number of aliphatic carboxylic acids is 1. The Balaban J connectivity index is 1.94. The Kier molecular flexibility index (Phi) is 4.90. The Morgan fingerprint density at radius 1 is 1.38 bits per heavy atom. The van der Waals surface area contributed by atoms with Crippen LogP contribution >= 0.6 is 0 Å². The number of nitrogens with zero attached hydrogens (tertiary/aromatic N) is 1. The summed E-state index contributed by atoms with van der Waals surface area (Å²) in [4.78, 5) is 24.3. The van der Waals surface area contributed by atoms with Crippen molar-refractivity contribution < 1.29 is 23.8 Å². The first kappa shape index (κ1) is 15.4. The fourth-order valence-electron chi connectivity index (χ4n) is 2.39. The van der Waals surface area contributed by atoms with Crippen LogP contribution in [0.2, 0.25) is 0 Å². The minimum Gasteiger partial charge on any atom is -0.480 e. The van der Waals surface area contributed by atoms with Gasteiger partial charge in [-0.1, -0.05) is 11.6 Å². The third kappa shape index (κ3) is 4.01. The molecule has 2 rings (SSSR count). The normalized spacial score (nSPS) is 16.0. The predicted octanol–water partition coefficient (Wildman–Crippen LogP) is 1.84. The third-order valence-corrected chi connectivity index (χ3v) is 3.52. The summed E-state index contributed by atoms with van der Waals surface area (Å²) >= 11 is 0. The zero-order valence-corrected chi connectivity index (χ0v) is 11.8. The summed E-state index contributed by atoms with van der Waals surface area (Å²) in [5, 5.41) is 8.56. The first-order valence-corrected chi connectivity index (χ1v) is 6.86. The van der Waals surface area contributed by atoms with Gasteiger partial charge in [0.05, 0.1) is 11.7 Å². The molecule has 0 radical (unpaired) electrons. The second-order valence-electron chi connectivity index (χ2n) is 5.18. The van der Waals surface area contributed by atoms with Crippen molar-refractivity contribution in [1.82, 2.24) is 4.90 Å². The Bertz CT molecular complexity index is 538. The maximum Gasteiger partial charge on any atom is 0.329 e. The minimum absolute atomic E-state index is 0.0832. The monoisotopic (exact) mass is 295 g/mol. The van der Waals surface area contributed by atoms with Crippen LogP contribution in [0.4, 0.5) is 4.39 Å². The van der Waals surface area contributed by atoms with Gasteiger partial charge in [0.15, 0.2) is 0 Å². The number of hydrogen-bond acceptors (Lipinski definition) is 3. The molecule has 0 spiro atoms. The molecule has 0 bridgehead atoms. The molecule has 6 heteroatoms. The van der Waals surface area contributed by atoms with Gasteiger partial charge in [-0.15, -0.1) is 0 Å². The minimum atomic E-state index is -1.00. The van der Waals surface area contributed by atoms with Crippen molar-refractivity contribution >= 4 is 11.9 Å². The molecule has 0 atom stereocenters. The fraction of sp³-hybridized carbons (Fsp3) is 0.467. The van der Waals surface area contributed by atoms with E-state index in [2.05, 4.69) is 0 Å². The molecular formula is C15H18FNO4. The average molecular weight is 295 g/mol. The molecule has 1 amide bonds. The smallest absolute Gasteiger partial charge is 0.329 e. The zero-order valence-electron chi connectivity index (χ0n) is 11.8. The molecule has 0 saturated carbocycles. The lowest BCUT2D eigenvalue weighted by Crippen LogP contribution is -2.41. The first-order chi connectivity index (χ1) is 9.97. The van der Waals surface area contributed by atoms with Crippen molar-refractivity contribution in [3.8, 4) is 0 Å². The Morgan fingerprint density at radius 3 is 2.67 bits per heavy atom. The summed E-state index contributed by atoms with van der Waals surface area (Å²) in [6.45, 7) is 2.36. The van der Waals surface area contributed by atoms with Gasteiger partial charge in [-0.3, -0.25) is 4.79 Å². The molecule has 1 aliphatic heterocycles. The van der Waals surface area contributed by atoms with Gasteiger partial charge in [-0.25, -0.2) is 9.18 Å². The maximum atomic E-state index is 13.7. The zero-order chi connectivity index (χ0) is 15.4. The lowest BCUT2D eigenvalue weighted by molar-refractivity contribution is -0.145. The van der Waals surface area contributed by atoms with Crippen molar-refractivity contribution in [2.75, 3.05) is 19.7 Å². The van der Waals surface area contributed by atoms with Gasteiger partial charge in [-0.05, 0) is 31.9 Å². The number of piperidine rings is 1. The van der Waals surface area contributed by atoms with E-state index < -0.39 is 11.8 Å². The molecule has 0 unspecified atom stereocenters. The van der Waals surface area contributed by atoms with Gasteiger partial charge in [-0.2, -0.15) is 0 Å². The topological polar surface area (TPSA) is 66.8 Å². The SMILES string of the molecule is Cc1ccc(F)c(C(=O)N2CCC(OCC(=O)O)CC2)c1. The number of aryl methyl sites for hydroxylation is 1. The molecule has 1 heterocycles. The van der Waals surface area contributed by atoms with E-state index in [-0.39, 0.29) is 24.2 Å². The number of rotatable bonds is 4. The summed E-state index contributed by atoms with van der Waals surface area (Å²) < 4.78 is 18.9. The number of hydrogen-bond donors (Lipinski definition) is 1. The van der Waals surface area contributed by atoms with Gasteiger partial charge < -0.3 is 14.7 Å². The van der Waals surface area contributed by atoms with Crippen LogP contribution in [-0.4, -0.2) is 47.7 Å². The van der Waals surface area contributed by atoms with Crippen LogP contribution in [0, 0.1) is 12.7 Å². The molecule has 1 aromatic rings. The van der Waals surface area contributed by atoms with E-state index >= 15 is 0 Å². The van der Waals surface area contributed by atoms with Crippen LogP contribution in [0.5, 0.6) is 0 Å². The van der Waals surface area contributed by atoms with Gasteiger partial charge in [0.25, 0.3) is 5.91 Å². The standard InChI is InChI=1S/C15H18FNO4/c1-10-2-3-13(16)12(8-10)15(20)17-6-4-11(5-7-17)21-9-14(18)19/h2-3,8,11H,4-7,9H2,1H3,(H,18,19). The number of carbonyl (C=O) groups is 2. The Morgan fingerprint density at radius 2 is 2.05 bits per heavy atom. The summed E-state index contributed by atoms with van der Waals surface area (Å²) in [7, 11) is 0. The number of carboxylic acids is 1. The van der Waals surface area contributed by atoms with Crippen molar-refractivity contribution in [3.63, 3.8) is 0 Å². The highest BCUT2D eigenvalue weighted by Crippen LogP contribution is 2.18. The van der Waals surface area contributed by atoms with E-state index in [1.54, 1.807) is 17.0 Å². The molecule has 114 valence electrons. The summed E-state index contributed by atoms with van der Waals surface area (Å²) in [5.41, 5.74) is 0.916. The number of carbonyl (C=O) groups excluding carboxylic acids is 1. The Labute approximate surface area is 122 Å². The van der Waals surface area contributed by atoms with Crippen LogP contribution in [0.3, 0.4) is 0 Å². The van der Waals surface area contributed by atoms with E-state index in [4.69, 9.17) is 9.84 Å². The molecule has 1 aliphatic rings. The highest BCUT2D eigenvalue weighted by Gasteiger charge is 2.26. The van der Waals surface area contributed by atoms with Crippen LogP contribution in [-0.2, 0) is 9.53 Å². The van der Waals surface area contributed by atoms with Crippen LogP contribution < -0.4 is 0 Å². The Hall–Kier alpha value is -1.95. The molecule has 0 aliphatic carbocycles. The van der Waals surface area contributed by atoms with Crippen molar-refractivity contribution in [2.24, 2.45) is 0 Å². The number of ether oxygens (including phenoxy) is 1. The van der Waals surface area contributed by atoms with Gasteiger partial charge in [0.2, 0.25) is 0 Å². The van der Waals surface area contributed by atoms with Crippen LogP contribution in [0.1, 0.15) is 28.8 Å². The molecule has 1 aromatic carbocycles. The average Bonchev–Trinajstić information content (AvgIpc) is 2.47. The largest absolute Gasteiger partial charge is 0.480 e. The van der Waals surface area contributed by atoms with E-state index in [1.807, 2.05) is 6.92 Å². The highest BCUT2D eigenvalue weighted by atomic mass is 19.1. The lowest BCUT2D eigenvalue weighted by atomic mass is 10.0. The van der Waals surface area contributed by atoms with E-state index in [1.165, 1.54) is 6.07 Å². The number of carboxylic acid groups (broad SMARTS) is 1. The summed E-state index contributed by atoms with van der Waals surface area (Å²) in [5.74, 6) is -1.85. The van der Waals surface area contributed by atoms with Crippen LogP contribution in [0.15, 0.2) is 18.2 Å². The van der Waals surface area contributed by atoms with Gasteiger partial charge in [0.1, 0.15) is 12.4 Å². The highest BCUT2D eigenvalue weighted by molar-refractivity contribution is 5.94. The van der Waals surface area contributed by atoms with Gasteiger partial charge >= 0.3 is 5.97 Å². The molecule has 1 N–H and O–H groups in total. The second kappa shape index (κ2) is 6.67. The predicted molar refractivity (Wildman–Crippen MR) is 73.7 cm³/mol. The number of benzene rings is 1. The van der Waals surface area contributed by atoms with Crippen LogP contribution in [0.25, 0.3) is 0 Å². The lowest BCUT2D eigenvalue weighted by Gasteiger charge is -2.31. The summed E-state index contributed by atoms with van der Waals surface area (Å²) in [6, 6.07) is 4.47. The molecule has 0 aromatic heterocycles. The number of halogens is 1. The van der Waals surface area contributed by atoms with Crippen molar-refractivity contribution in [3.05, 3.63) is 35.1 Å². The van der Waals surface area contributed by atoms with E-state index in [0.29, 0.717) is 25.9 Å². The molecule has 21 heavy (non-hydrogen) atoms. The van der Waals surface area contributed by atoms with E-state index in [9.17, 15) is 14.0 Å². The van der Waals surface area contributed by atoms with Crippen molar-refractivity contribution in [2.45, 2.75) is 25.9 Å². The first-order valence-electron chi connectivity index (χ1n) is 6.86. The molecule has 5 nitrogen and oxygen atoms in total. The molecule has 1 fully saturated rings. The number of amides is 1. The third-order valence-electron chi connectivity index (χ3n) is 3.52.